The van der Waals surface area contributed by atoms with Crippen LogP contribution >= 0.6 is 0 Å². The Kier molecular flexibility index (Phi) is 9.29. The van der Waals surface area contributed by atoms with Gasteiger partial charge in [-0.15, -0.1) is 0 Å². The minimum atomic E-state index is -3.94. The zero-order valence-electron chi connectivity index (χ0n) is 22.0. The van der Waals surface area contributed by atoms with E-state index in [9.17, 15) is 18.0 Å². The van der Waals surface area contributed by atoms with E-state index in [0.717, 1.165) is 20.6 Å². The fraction of sp³-hybridized carbons (Fsp3) is 0.357. The molecule has 0 fully saturated rings. The SMILES string of the molecule is CC[C@H](C(=O)NC(C)C)N(Cc1ccc(OC)cc1)C(=O)CN(C)S(=O)(=O)c1ccc2ccccc2c1. The maximum absolute atomic E-state index is 13.6. The first-order valence-corrected chi connectivity index (χ1v) is 13.7. The molecular formula is C28H35N3O5S. The van der Waals surface area contributed by atoms with Gasteiger partial charge in [0.05, 0.1) is 18.6 Å². The summed E-state index contributed by atoms with van der Waals surface area (Å²) >= 11 is 0. The molecule has 8 nitrogen and oxygen atoms in total. The molecule has 0 aromatic heterocycles. The Bertz CT molecular complexity index is 1340. The number of hydrogen-bond donors (Lipinski definition) is 1. The largest absolute Gasteiger partial charge is 0.497 e. The summed E-state index contributed by atoms with van der Waals surface area (Å²) in [5.41, 5.74) is 0.796. The van der Waals surface area contributed by atoms with Gasteiger partial charge in [0.25, 0.3) is 0 Å². The van der Waals surface area contributed by atoms with Crippen molar-refractivity contribution in [1.29, 1.82) is 0 Å². The average molecular weight is 526 g/mol. The van der Waals surface area contributed by atoms with Crippen LogP contribution in [0.3, 0.4) is 0 Å². The molecule has 3 aromatic rings. The van der Waals surface area contributed by atoms with Crippen LogP contribution in [-0.2, 0) is 26.2 Å². The van der Waals surface area contributed by atoms with Crippen LogP contribution in [0.15, 0.2) is 71.6 Å². The molecule has 0 aliphatic rings. The van der Waals surface area contributed by atoms with Gasteiger partial charge in [-0.3, -0.25) is 9.59 Å². The first kappa shape index (κ1) is 28.1. The lowest BCUT2D eigenvalue weighted by atomic mass is 10.1. The second kappa shape index (κ2) is 12.2. The molecule has 0 unspecified atom stereocenters. The molecule has 0 spiro atoms. The summed E-state index contributed by atoms with van der Waals surface area (Å²) in [5.74, 6) is -0.0692. The Balaban J connectivity index is 1.88. The number of amides is 2. The van der Waals surface area contributed by atoms with Crippen LogP contribution in [0.4, 0.5) is 0 Å². The highest BCUT2D eigenvalue weighted by Crippen LogP contribution is 2.22. The van der Waals surface area contributed by atoms with Gasteiger partial charge < -0.3 is 15.0 Å². The number of hydrogen-bond acceptors (Lipinski definition) is 5. The molecule has 0 bridgehead atoms. The average Bonchev–Trinajstić information content (AvgIpc) is 2.88. The molecule has 3 aromatic carbocycles. The Morgan fingerprint density at radius 3 is 2.22 bits per heavy atom. The van der Waals surface area contributed by atoms with Gasteiger partial charge >= 0.3 is 0 Å². The van der Waals surface area contributed by atoms with E-state index in [1.165, 1.54) is 11.9 Å². The van der Waals surface area contributed by atoms with Gasteiger partial charge in [0.2, 0.25) is 21.8 Å². The summed E-state index contributed by atoms with van der Waals surface area (Å²) in [7, 11) is -0.996. The zero-order valence-corrected chi connectivity index (χ0v) is 22.8. The number of rotatable bonds is 11. The highest BCUT2D eigenvalue weighted by atomic mass is 32.2. The van der Waals surface area contributed by atoms with Crippen molar-refractivity contribution in [3.63, 3.8) is 0 Å². The van der Waals surface area contributed by atoms with Crippen LogP contribution in [0.25, 0.3) is 10.8 Å². The van der Waals surface area contributed by atoms with Crippen molar-refractivity contribution in [2.75, 3.05) is 20.7 Å². The fourth-order valence-corrected chi connectivity index (χ4v) is 5.26. The van der Waals surface area contributed by atoms with Gasteiger partial charge in [0.1, 0.15) is 11.8 Å². The van der Waals surface area contributed by atoms with Crippen molar-refractivity contribution in [2.24, 2.45) is 0 Å². The van der Waals surface area contributed by atoms with E-state index in [-0.39, 0.29) is 23.4 Å². The molecule has 1 atom stereocenters. The van der Waals surface area contributed by atoms with E-state index < -0.39 is 28.5 Å². The number of sulfonamides is 1. The third-order valence-corrected chi connectivity index (χ3v) is 7.92. The van der Waals surface area contributed by atoms with Crippen LogP contribution in [0.5, 0.6) is 5.75 Å². The molecule has 0 saturated heterocycles. The van der Waals surface area contributed by atoms with Crippen LogP contribution < -0.4 is 10.1 Å². The van der Waals surface area contributed by atoms with E-state index in [4.69, 9.17) is 4.74 Å². The van der Waals surface area contributed by atoms with Crippen molar-refractivity contribution in [3.05, 3.63) is 72.3 Å². The summed E-state index contributed by atoms with van der Waals surface area (Å²) in [6.45, 7) is 5.27. The minimum Gasteiger partial charge on any atom is -0.497 e. The second-order valence-corrected chi connectivity index (χ2v) is 11.3. The molecule has 0 saturated carbocycles. The smallest absolute Gasteiger partial charge is 0.243 e. The van der Waals surface area contributed by atoms with E-state index in [0.29, 0.717) is 12.2 Å². The highest BCUT2D eigenvalue weighted by molar-refractivity contribution is 7.89. The fourth-order valence-electron chi connectivity index (χ4n) is 4.10. The molecule has 0 radical (unpaired) electrons. The first-order valence-electron chi connectivity index (χ1n) is 12.2. The van der Waals surface area contributed by atoms with Crippen molar-refractivity contribution in [1.82, 2.24) is 14.5 Å². The van der Waals surface area contributed by atoms with E-state index in [1.807, 2.05) is 57.2 Å². The zero-order chi connectivity index (χ0) is 27.2. The van der Waals surface area contributed by atoms with Gasteiger partial charge in [0, 0.05) is 19.6 Å². The van der Waals surface area contributed by atoms with Crippen LogP contribution in [0, 0.1) is 0 Å². The normalized spacial score (nSPS) is 12.5. The van der Waals surface area contributed by atoms with Crippen molar-refractivity contribution in [2.45, 2.75) is 50.7 Å². The minimum absolute atomic E-state index is 0.101. The number of nitrogens with zero attached hydrogens (tertiary/aromatic N) is 2. The van der Waals surface area contributed by atoms with Gasteiger partial charge in [-0.05, 0) is 60.9 Å². The summed E-state index contributed by atoms with van der Waals surface area (Å²) < 4.78 is 32.9. The van der Waals surface area contributed by atoms with E-state index in [1.54, 1.807) is 37.4 Å². The number of ether oxygens (including phenoxy) is 1. The molecule has 1 N–H and O–H groups in total. The van der Waals surface area contributed by atoms with Gasteiger partial charge in [-0.25, -0.2) is 8.42 Å². The summed E-state index contributed by atoms with van der Waals surface area (Å²) in [6, 6.07) is 18.7. The van der Waals surface area contributed by atoms with Crippen molar-refractivity contribution >= 4 is 32.6 Å². The molecule has 198 valence electrons. The van der Waals surface area contributed by atoms with Crippen LogP contribution in [-0.4, -0.2) is 62.2 Å². The number of benzene rings is 3. The van der Waals surface area contributed by atoms with Crippen LogP contribution in [0.1, 0.15) is 32.8 Å². The standard InChI is InChI=1S/C28H35N3O5S/c1-6-26(28(33)29-20(2)3)31(18-21-11-14-24(36-5)15-12-21)27(32)19-30(4)37(34,35)25-16-13-22-9-7-8-10-23(22)17-25/h7-17,20,26H,6,18-19H2,1-5H3,(H,29,33)/t26-/m1/s1. The Hall–Kier alpha value is -3.43. The maximum atomic E-state index is 13.6. The number of fused-ring (bicyclic) bond motifs is 1. The van der Waals surface area contributed by atoms with Crippen LogP contribution in [0.2, 0.25) is 0 Å². The number of methoxy groups -OCH3 is 1. The second-order valence-electron chi connectivity index (χ2n) is 9.23. The topological polar surface area (TPSA) is 96.0 Å². The Morgan fingerprint density at radius 1 is 0.973 bits per heavy atom. The number of carbonyl (C=O) groups excluding carboxylic acids is 2. The number of carbonyl (C=O) groups is 2. The lowest BCUT2D eigenvalue weighted by molar-refractivity contribution is -0.141. The van der Waals surface area contributed by atoms with Gasteiger partial charge in [-0.1, -0.05) is 49.4 Å². The molecule has 9 heteroatoms. The monoisotopic (exact) mass is 525 g/mol. The van der Waals surface area contributed by atoms with E-state index in [2.05, 4.69) is 5.32 Å². The first-order chi connectivity index (χ1) is 17.6. The lowest BCUT2D eigenvalue weighted by Crippen LogP contribution is -2.52. The third-order valence-electron chi connectivity index (χ3n) is 6.12. The summed E-state index contributed by atoms with van der Waals surface area (Å²) in [5, 5.41) is 4.59. The predicted octanol–water partition coefficient (Wildman–Crippen LogP) is 3.80. The molecule has 37 heavy (non-hydrogen) atoms. The number of nitrogens with one attached hydrogen (secondary N) is 1. The third kappa shape index (κ3) is 6.87. The van der Waals surface area contributed by atoms with Crippen molar-refractivity contribution in [3.8, 4) is 5.75 Å². The molecule has 0 aliphatic heterocycles. The number of likely N-dealkylation sites (N-methyl/N-ethyl adjacent to an activating group) is 1. The maximum Gasteiger partial charge on any atom is 0.243 e. The highest BCUT2D eigenvalue weighted by Gasteiger charge is 2.32. The van der Waals surface area contributed by atoms with E-state index >= 15 is 0 Å². The Labute approximate surface area is 219 Å². The predicted molar refractivity (Wildman–Crippen MR) is 145 cm³/mol. The van der Waals surface area contributed by atoms with Gasteiger partial charge in [0.15, 0.2) is 0 Å². The summed E-state index contributed by atoms with van der Waals surface area (Å²) in [4.78, 5) is 28.1. The molecule has 0 heterocycles. The molecule has 0 aliphatic carbocycles. The molecule has 3 rings (SSSR count). The molecular weight excluding hydrogens is 490 g/mol. The quantitative estimate of drug-likeness (QED) is 0.411. The van der Waals surface area contributed by atoms with Gasteiger partial charge in [-0.2, -0.15) is 4.31 Å². The Morgan fingerprint density at radius 2 is 1.62 bits per heavy atom. The lowest BCUT2D eigenvalue weighted by Gasteiger charge is -2.32. The molecule has 2 amide bonds. The summed E-state index contributed by atoms with van der Waals surface area (Å²) in [6.07, 6.45) is 0.377. The van der Waals surface area contributed by atoms with Crippen molar-refractivity contribution < 1.29 is 22.7 Å².